The predicted molar refractivity (Wildman–Crippen MR) is 97.5 cm³/mol. The Morgan fingerprint density at radius 1 is 1.12 bits per heavy atom. The zero-order chi connectivity index (χ0) is 18.6. The Morgan fingerprint density at radius 2 is 1.71 bits per heavy atom. The van der Waals surface area contributed by atoms with Gasteiger partial charge in [0.05, 0.1) is 25.9 Å². The zero-order valence-corrected chi connectivity index (χ0v) is 16.8. The molecular weight excluding hydrogens is 308 g/mol. The molecule has 0 spiro atoms. The molecule has 2 aliphatic rings. The lowest BCUT2D eigenvalue weighted by Crippen LogP contribution is -2.48. The Hall–Kier alpha value is -0.850. The fourth-order valence-corrected chi connectivity index (χ4v) is 2.09. The first-order chi connectivity index (χ1) is 11.3. The number of carbonyl (C=O) groups is 1. The molecule has 1 unspecified atom stereocenters. The maximum Gasteiger partial charge on any atom is 0.410 e. The monoisotopic (exact) mass is 346 g/mol. The van der Waals surface area contributed by atoms with Crippen LogP contribution in [0.2, 0.25) is 0 Å². The number of rotatable bonds is 1. The minimum atomic E-state index is -0.388. The third-order valence-electron chi connectivity index (χ3n) is 3.50. The molecule has 2 rings (SSSR count). The molecule has 0 aromatic rings. The second kappa shape index (κ2) is 12.5. The molecule has 24 heavy (non-hydrogen) atoms. The summed E-state index contributed by atoms with van der Waals surface area (Å²) in [6.07, 6.45) is 1.24. The number of carbonyl (C=O) groups excluding carboxylic acids is 1. The molecule has 0 saturated carbocycles. The lowest BCUT2D eigenvalue weighted by Gasteiger charge is -2.33. The average molecular weight is 347 g/mol. The maximum absolute atomic E-state index is 11.6. The largest absolute Gasteiger partial charge is 0.444 e. The van der Waals surface area contributed by atoms with Gasteiger partial charge in [-0.3, -0.25) is 0 Å². The first-order valence-corrected chi connectivity index (χ1v) is 9.17. The van der Waals surface area contributed by atoms with Crippen LogP contribution in [0.25, 0.3) is 0 Å². The van der Waals surface area contributed by atoms with E-state index in [1.54, 1.807) is 4.90 Å². The number of piperazine rings is 1. The average Bonchev–Trinajstić information content (AvgIpc) is 2.57. The van der Waals surface area contributed by atoms with Crippen LogP contribution in [0.15, 0.2) is 0 Å². The lowest BCUT2D eigenvalue weighted by atomic mass is 10.2. The number of likely N-dealkylation sites (N-methyl/N-ethyl adjacent to an activating group) is 1. The molecule has 144 valence electrons. The number of hydrogen-bond acceptors (Lipinski definition) is 5. The second-order valence-electron chi connectivity index (χ2n) is 6.75. The molecule has 6 nitrogen and oxygen atoms in total. The summed E-state index contributed by atoms with van der Waals surface area (Å²) >= 11 is 0. The minimum absolute atomic E-state index is 0.189. The molecule has 1 amide bonds. The van der Waals surface area contributed by atoms with Gasteiger partial charge in [-0.05, 0) is 34.2 Å². The van der Waals surface area contributed by atoms with E-state index in [-0.39, 0.29) is 11.7 Å². The van der Waals surface area contributed by atoms with Crippen molar-refractivity contribution in [3.63, 3.8) is 0 Å². The number of hydrogen-bond donors (Lipinski definition) is 0. The molecule has 0 bridgehead atoms. The number of ether oxygens (including phenoxy) is 3. The third kappa shape index (κ3) is 10.8. The summed E-state index contributed by atoms with van der Waals surface area (Å²) < 4.78 is 15.7. The van der Waals surface area contributed by atoms with Gasteiger partial charge in [0.1, 0.15) is 5.60 Å². The van der Waals surface area contributed by atoms with Crippen LogP contribution < -0.4 is 0 Å². The highest BCUT2D eigenvalue weighted by atomic mass is 16.6. The van der Waals surface area contributed by atoms with Crippen LogP contribution in [0, 0.1) is 0 Å². The third-order valence-corrected chi connectivity index (χ3v) is 3.50. The van der Waals surface area contributed by atoms with E-state index in [1.807, 2.05) is 34.6 Å². The molecule has 0 aliphatic carbocycles. The fraction of sp³-hybridized carbons (Fsp3) is 0.944. The summed E-state index contributed by atoms with van der Waals surface area (Å²) in [5, 5.41) is 0. The van der Waals surface area contributed by atoms with Gasteiger partial charge in [0.15, 0.2) is 0 Å². The van der Waals surface area contributed by atoms with Crippen molar-refractivity contribution < 1.29 is 19.0 Å². The topological polar surface area (TPSA) is 51.2 Å². The Labute approximate surface area is 148 Å². The summed E-state index contributed by atoms with van der Waals surface area (Å²) in [4.78, 5) is 15.6. The van der Waals surface area contributed by atoms with E-state index in [2.05, 4.69) is 18.9 Å². The van der Waals surface area contributed by atoms with Gasteiger partial charge in [0, 0.05) is 26.2 Å². The van der Waals surface area contributed by atoms with Crippen molar-refractivity contribution in [1.82, 2.24) is 9.80 Å². The van der Waals surface area contributed by atoms with Crippen molar-refractivity contribution in [2.24, 2.45) is 0 Å². The molecule has 0 radical (unpaired) electrons. The van der Waals surface area contributed by atoms with Crippen molar-refractivity contribution in [3.05, 3.63) is 0 Å². The van der Waals surface area contributed by atoms with E-state index in [0.717, 1.165) is 52.4 Å². The Morgan fingerprint density at radius 3 is 2.08 bits per heavy atom. The maximum atomic E-state index is 11.6. The quantitative estimate of drug-likeness (QED) is 0.730. The first-order valence-electron chi connectivity index (χ1n) is 9.17. The minimum Gasteiger partial charge on any atom is -0.444 e. The van der Waals surface area contributed by atoms with Crippen molar-refractivity contribution in [2.75, 3.05) is 53.0 Å². The molecule has 0 aromatic carbocycles. The standard InChI is InChI=1S/C10H20N2O2.C6H12O2.C2H6/c1-10(2,3)14-9(13)12-7-5-11(4)6-8-12;1-2-6-5-7-3-4-8-6;1-2/h5-8H2,1-4H3;6H,2-5H2,1H3;1-2H3. The van der Waals surface area contributed by atoms with Crippen LogP contribution >= 0.6 is 0 Å². The molecule has 2 fully saturated rings. The van der Waals surface area contributed by atoms with Crippen molar-refractivity contribution >= 4 is 6.09 Å². The normalized spacial score (nSPS) is 21.8. The molecular formula is C18H38N2O4. The fourth-order valence-electron chi connectivity index (χ4n) is 2.09. The van der Waals surface area contributed by atoms with E-state index in [9.17, 15) is 4.79 Å². The van der Waals surface area contributed by atoms with Gasteiger partial charge in [0.25, 0.3) is 0 Å². The van der Waals surface area contributed by atoms with Crippen LogP contribution in [-0.2, 0) is 14.2 Å². The van der Waals surface area contributed by atoms with Gasteiger partial charge < -0.3 is 24.0 Å². The van der Waals surface area contributed by atoms with E-state index in [4.69, 9.17) is 14.2 Å². The summed E-state index contributed by atoms with van der Waals surface area (Å²) in [5.74, 6) is 0. The lowest BCUT2D eigenvalue weighted by molar-refractivity contribution is -0.0887. The van der Waals surface area contributed by atoms with Gasteiger partial charge in [0.2, 0.25) is 0 Å². The first kappa shape index (κ1) is 23.1. The van der Waals surface area contributed by atoms with Gasteiger partial charge in [-0.25, -0.2) is 4.79 Å². The number of nitrogens with zero attached hydrogens (tertiary/aromatic N) is 2. The number of amides is 1. The highest BCUT2D eigenvalue weighted by molar-refractivity contribution is 5.68. The Kier molecular flexibility index (Phi) is 12.1. The second-order valence-corrected chi connectivity index (χ2v) is 6.75. The highest BCUT2D eigenvalue weighted by Crippen LogP contribution is 2.11. The van der Waals surface area contributed by atoms with E-state index >= 15 is 0 Å². The van der Waals surface area contributed by atoms with E-state index in [1.165, 1.54) is 0 Å². The summed E-state index contributed by atoms with van der Waals surface area (Å²) in [6.45, 7) is 17.5. The van der Waals surface area contributed by atoms with Gasteiger partial charge in [-0.1, -0.05) is 20.8 Å². The van der Waals surface area contributed by atoms with Crippen molar-refractivity contribution in [3.8, 4) is 0 Å². The van der Waals surface area contributed by atoms with Crippen LogP contribution in [0.3, 0.4) is 0 Å². The zero-order valence-electron chi connectivity index (χ0n) is 16.8. The molecule has 1 atom stereocenters. The Bertz CT molecular complexity index is 317. The van der Waals surface area contributed by atoms with Crippen LogP contribution in [0.5, 0.6) is 0 Å². The van der Waals surface area contributed by atoms with Crippen molar-refractivity contribution in [1.29, 1.82) is 0 Å². The van der Waals surface area contributed by atoms with Gasteiger partial charge >= 0.3 is 6.09 Å². The van der Waals surface area contributed by atoms with Gasteiger partial charge in [-0.15, -0.1) is 0 Å². The molecule has 2 heterocycles. The molecule has 0 N–H and O–H groups in total. The van der Waals surface area contributed by atoms with Crippen LogP contribution in [-0.4, -0.2) is 80.6 Å². The van der Waals surface area contributed by atoms with E-state index < -0.39 is 0 Å². The smallest absolute Gasteiger partial charge is 0.410 e. The molecule has 2 saturated heterocycles. The molecule has 0 aromatic heterocycles. The van der Waals surface area contributed by atoms with Crippen LogP contribution in [0.1, 0.15) is 48.0 Å². The molecule has 6 heteroatoms. The van der Waals surface area contributed by atoms with E-state index in [0.29, 0.717) is 6.10 Å². The summed E-state index contributed by atoms with van der Waals surface area (Å²) in [6, 6.07) is 0. The summed E-state index contributed by atoms with van der Waals surface area (Å²) in [5.41, 5.74) is -0.388. The van der Waals surface area contributed by atoms with Crippen LogP contribution in [0.4, 0.5) is 4.79 Å². The van der Waals surface area contributed by atoms with Gasteiger partial charge in [-0.2, -0.15) is 0 Å². The highest BCUT2D eigenvalue weighted by Gasteiger charge is 2.24. The predicted octanol–water partition coefficient (Wildman–Crippen LogP) is 3.01. The summed E-state index contributed by atoms with van der Waals surface area (Å²) in [7, 11) is 2.06. The Balaban J connectivity index is 0.000000447. The van der Waals surface area contributed by atoms with Crippen molar-refractivity contribution in [2.45, 2.75) is 59.7 Å². The molecule has 2 aliphatic heterocycles. The SMILES string of the molecule is CC.CCC1COCCO1.CN1CCN(C(=O)OC(C)(C)C)CC1.